The molecule has 0 fully saturated rings. The van der Waals surface area contributed by atoms with Crippen LogP contribution in [0.25, 0.3) is 11.0 Å². The zero-order chi connectivity index (χ0) is 13.2. The van der Waals surface area contributed by atoms with Crippen LogP contribution in [0, 0.1) is 0 Å². The lowest BCUT2D eigenvalue weighted by molar-refractivity contribution is 0.536. The number of primary sulfonamides is 1. The minimum Gasteiger partial charge on any atom is -0.461 e. The van der Waals surface area contributed by atoms with Gasteiger partial charge in [0.25, 0.3) is 0 Å². The largest absolute Gasteiger partial charge is 0.461 e. The number of hydrogen-bond acceptors (Lipinski definition) is 3. The van der Waals surface area contributed by atoms with Gasteiger partial charge in [-0.3, -0.25) is 0 Å². The van der Waals surface area contributed by atoms with Crippen LogP contribution in [0.1, 0.15) is 31.1 Å². The fourth-order valence-electron chi connectivity index (χ4n) is 1.94. The van der Waals surface area contributed by atoms with E-state index in [2.05, 4.69) is 6.92 Å². The summed E-state index contributed by atoms with van der Waals surface area (Å²) in [4.78, 5) is 0. The van der Waals surface area contributed by atoms with Gasteiger partial charge in [-0.2, -0.15) is 0 Å². The van der Waals surface area contributed by atoms with Gasteiger partial charge in [-0.15, -0.1) is 0 Å². The molecular weight excluding hydrogens is 250 g/mol. The number of aryl methyl sites for hydroxylation is 1. The van der Waals surface area contributed by atoms with Gasteiger partial charge in [0.1, 0.15) is 11.3 Å². The molecule has 0 aliphatic carbocycles. The standard InChI is InChI=1S/C13H17NO3S/c1-2-3-4-12-8-11-7-10(9-18(14,15)16)5-6-13(11)17-12/h5-8H,2-4,9H2,1H3,(H2,14,15,16). The molecule has 5 heteroatoms. The van der Waals surface area contributed by atoms with Crippen molar-refractivity contribution >= 4 is 21.0 Å². The maximum atomic E-state index is 11.0. The van der Waals surface area contributed by atoms with Crippen LogP contribution in [0.5, 0.6) is 0 Å². The van der Waals surface area contributed by atoms with Gasteiger partial charge in [0.05, 0.1) is 5.75 Å². The predicted octanol–water partition coefficient (Wildman–Crippen LogP) is 2.56. The average Bonchev–Trinajstić information content (AvgIpc) is 2.66. The number of benzene rings is 1. The summed E-state index contributed by atoms with van der Waals surface area (Å²) in [5.74, 6) is 0.804. The van der Waals surface area contributed by atoms with Crippen LogP contribution in [0.4, 0.5) is 0 Å². The van der Waals surface area contributed by atoms with Gasteiger partial charge >= 0.3 is 0 Å². The zero-order valence-electron chi connectivity index (χ0n) is 10.3. The van der Waals surface area contributed by atoms with Crippen molar-refractivity contribution in [3.8, 4) is 0 Å². The highest BCUT2D eigenvalue weighted by Crippen LogP contribution is 2.22. The molecule has 4 nitrogen and oxygen atoms in total. The first-order valence-electron chi connectivity index (χ1n) is 6.00. The van der Waals surface area contributed by atoms with Crippen LogP contribution in [0.3, 0.4) is 0 Å². The molecule has 1 aromatic carbocycles. The van der Waals surface area contributed by atoms with E-state index in [-0.39, 0.29) is 5.75 Å². The summed E-state index contributed by atoms with van der Waals surface area (Å²) in [6.07, 6.45) is 3.12. The second kappa shape index (κ2) is 5.12. The van der Waals surface area contributed by atoms with Crippen molar-refractivity contribution < 1.29 is 12.8 Å². The molecule has 0 saturated heterocycles. The Kier molecular flexibility index (Phi) is 3.73. The third-order valence-corrected chi connectivity index (χ3v) is 3.51. The minimum absolute atomic E-state index is 0.140. The Bertz CT molecular complexity index is 643. The van der Waals surface area contributed by atoms with Crippen LogP contribution in [0.2, 0.25) is 0 Å². The maximum Gasteiger partial charge on any atom is 0.213 e. The summed E-state index contributed by atoms with van der Waals surface area (Å²) < 4.78 is 27.7. The predicted molar refractivity (Wildman–Crippen MR) is 71.6 cm³/mol. The van der Waals surface area contributed by atoms with Crippen molar-refractivity contribution in [1.82, 2.24) is 0 Å². The van der Waals surface area contributed by atoms with Gasteiger partial charge in [0.2, 0.25) is 10.0 Å². The zero-order valence-corrected chi connectivity index (χ0v) is 11.2. The van der Waals surface area contributed by atoms with Crippen molar-refractivity contribution in [2.75, 3.05) is 0 Å². The molecule has 2 aromatic rings. The molecule has 0 unspecified atom stereocenters. The maximum absolute atomic E-state index is 11.0. The van der Waals surface area contributed by atoms with Crippen LogP contribution >= 0.6 is 0 Å². The molecule has 2 rings (SSSR count). The van der Waals surface area contributed by atoms with Crippen LogP contribution < -0.4 is 5.14 Å². The van der Waals surface area contributed by atoms with Gasteiger partial charge in [0.15, 0.2) is 0 Å². The van der Waals surface area contributed by atoms with Crippen LogP contribution in [0.15, 0.2) is 28.7 Å². The summed E-state index contributed by atoms with van der Waals surface area (Å²) in [5.41, 5.74) is 1.48. The van der Waals surface area contributed by atoms with Crippen LogP contribution in [-0.2, 0) is 22.2 Å². The first-order valence-corrected chi connectivity index (χ1v) is 7.71. The third-order valence-electron chi connectivity index (χ3n) is 2.78. The summed E-state index contributed by atoms with van der Waals surface area (Å²) in [6, 6.07) is 7.32. The lowest BCUT2D eigenvalue weighted by Crippen LogP contribution is -2.14. The van der Waals surface area contributed by atoms with E-state index in [4.69, 9.17) is 9.56 Å². The Morgan fingerprint density at radius 3 is 2.72 bits per heavy atom. The molecule has 0 spiro atoms. The molecule has 0 aliphatic rings. The molecule has 2 N–H and O–H groups in total. The van der Waals surface area contributed by atoms with E-state index in [1.807, 2.05) is 12.1 Å². The second-order valence-corrected chi connectivity index (χ2v) is 6.11. The van der Waals surface area contributed by atoms with E-state index in [0.29, 0.717) is 5.56 Å². The minimum atomic E-state index is -3.48. The highest BCUT2D eigenvalue weighted by atomic mass is 32.2. The van der Waals surface area contributed by atoms with Crippen molar-refractivity contribution in [3.05, 3.63) is 35.6 Å². The molecule has 98 valence electrons. The number of hydrogen-bond donors (Lipinski definition) is 1. The van der Waals surface area contributed by atoms with Gasteiger partial charge in [-0.05, 0) is 30.2 Å². The molecule has 18 heavy (non-hydrogen) atoms. The molecule has 0 bridgehead atoms. The smallest absolute Gasteiger partial charge is 0.213 e. The topological polar surface area (TPSA) is 73.3 Å². The highest BCUT2D eigenvalue weighted by Gasteiger charge is 2.08. The Morgan fingerprint density at radius 1 is 1.28 bits per heavy atom. The Hall–Kier alpha value is -1.33. The van der Waals surface area contributed by atoms with E-state index >= 15 is 0 Å². The summed E-state index contributed by atoms with van der Waals surface area (Å²) in [6.45, 7) is 2.13. The highest BCUT2D eigenvalue weighted by molar-refractivity contribution is 7.88. The summed E-state index contributed by atoms with van der Waals surface area (Å²) >= 11 is 0. The van der Waals surface area contributed by atoms with Crippen molar-refractivity contribution in [2.45, 2.75) is 31.9 Å². The fraction of sp³-hybridized carbons (Fsp3) is 0.385. The number of unbranched alkanes of at least 4 members (excludes halogenated alkanes) is 1. The molecule has 0 atom stereocenters. The van der Waals surface area contributed by atoms with Crippen molar-refractivity contribution in [2.24, 2.45) is 5.14 Å². The Balaban J connectivity index is 2.28. The van der Waals surface area contributed by atoms with Gasteiger partial charge in [-0.1, -0.05) is 19.4 Å². The van der Waals surface area contributed by atoms with E-state index in [1.165, 1.54) is 0 Å². The molecule has 0 aliphatic heterocycles. The number of rotatable bonds is 5. The first kappa shape index (κ1) is 13.1. The molecule has 0 saturated carbocycles. The Morgan fingerprint density at radius 2 is 2.06 bits per heavy atom. The van der Waals surface area contributed by atoms with E-state index in [9.17, 15) is 8.42 Å². The fourth-order valence-corrected chi connectivity index (χ4v) is 2.59. The van der Waals surface area contributed by atoms with Gasteiger partial charge in [-0.25, -0.2) is 13.6 Å². The lowest BCUT2D eigenvalue weighted by atomic mass is 10.1. The SMILES string of the molecule is CCCCc1cc2cc(CS(N)(=O)=O)ccc2o1. The number of sulfonamides is 1. The third kappa shape index (κ3) is 3.34. The first-order chi connectivity index (χ1) is 8.48. The second-order valence-electron chi connectivity index (χ2n) is 4.50. The summed E-state index contributed by atoms with van der Waals surface area (Å²) in [7, 11) is -3.48. The van der Waals surface area contributed by atoms with Crippen molar-refractivity contribution in [3.63, 3.8) is 0 Å². The molecule has 1 heterocycles. The van der Waals surface area contributed by atoms with E-state index in [1.54, 1.807) is 12.1 Å². The van der Waals surface area contributed by atoms with Crippen molar-refractivity contribution in [1.29, 1.82) is 0 Å². The normalized spacial score (nSPS) is 12.1. The van der Waals surface area contributed by atoms with E-state index < -0.39 is 10.0 Å². The van der Waals surface area contributed by atoms with Gasteiger partial charge < -0.3 is 4.42 Å². The molecule has 1 aromatic heterocycles. The molecular formula is C13H17NO3S. The van der Waals surface area contributed by atoms with Gasteiger partial charge in [0, 0.05) is 11.8 Å². The number of fused-ring (bicyclic) bond motifs is 1. The monoisotopic (exact) mass is 267 g/mol. The van der Waals surface area contributed by atoms with E-state index in [0.717, 1.165) is 36.0 Å². The molecule has 0 radical (unpaired) electrons. The lowest BCUT2D eigenvalue weighted by Gasteiger charge is -1.98. The number of furan rings is 1. The average molecular weight is 267 g/mol. The quantitative estimate of drug-likeness (QED) is 0.904. The number of nitrogens with two attached hydrogens (primary N) is 1. The van der Waals surface area contributed by atoms with Crippen LogP contribution in [-0.4, -0.2) is 8.42 Å². The molecule has 0 amide bonds. The Labute approximate surface area is 107 Å². The summed E-state index contributed by atoms with van der Waals surface area (Å²) in [5, 5.41) is 5.96.